The van der Waals surface area contributed by atoms with Crippen molar-refractivity contribution in [2.45, 2.75) is 109 Å². The van der Waals surface area contributed by atoms with Gasteiger partial charge in [0.1, 0.15) is 0 Å². The number of benzene rings is 2. The van der Waals surface area contributed by atoms with Crippen LogP contribution in [0.3, 0.4) is 0 Å². The van der Waals surface area contributed by atoms with Crippen LogP contribution in [0, 0.1) is 0 Å². The Labute approximate surface area is 353 Å². The standard InChI is InChI=1S/C30H22F24N2O6P4/c31-13(32)25(43,44)19-57-65(58-20(26(45,46)14(33)34)63(19)21(59-65)27(47,48)15(35)36)55(11-7-3-1-4-8-11)66(56(65)12-9-5-2-6-10-12)60-22(28(49,50)16(37)38)64(23(61-66)29(51,52)17(39)40)24(62-66)30(53,54)18(41)42/h1-10,13-24H. The zero-order chi connectivity index (χ0) is 49.6. The van der Waals surface area contributed by atoms with Gasteiger partial charge < -0.3 is 0 Å². The van der Waals surface area contributed by atoms with E-state index in [9.17, 15) is 52.7 Å². The second kappa shape index (κ2) is 15.7. The molecule has 0 saturated carbocycles. The molecule has 9 rings (SSSR count). The Morgan fingerprint density at radius 2 is 0.500 bits per heavy atom. The third kappa shape index (κ3) is 6.63. The second-order valence-corrected chi connectivity index (χ2v) is 25.7. The van der Waals surface area contributed by atoms with E-state index in [0.29, 0.717) is 24.3 Å². The van der Waals surface area contributed by atoms with Crippen molar-refractivity contribution in [1.29, 1.82) is 0 Å². The summed E-state index contributed by atoms with van der Waals surface area (Å²) in [4.78, 5) is 0. The molecule has 2 aromatic carbocycles. The molecular formula is C30H22F24N2O6P4. The summed E-state index contributed by atoms with van der Waals surface area (Å²) in [5, 5.41) is 0. The SMILES string of the molecule is FC(F)C(F)(F)C1OP23(OC(C(F)(F)C(F)F)P1C(C(F)(F)C(F)F)O2)N(c1ccccc1)P12(OC(C(F)(F)C(F)F)P(C(C(F)(F)C(F)F)O1)C(C(F)(F)C(F)F)O2)N3c1ccccc1. The van der Waals surface area contributed by atoms with Gasteiger partial charge in [-0.2, -0.15) is 0 Å². The van der Waals surface area contributed by atoms with Crippen molar-refractivity contribution in [3.05, 3.63) is 60.7 Å². The van der Waals surface area contributed by atoms with E-state index in [-0.39, 0.29) is 24.3 Å². The number of para-hydroxylation sites is 2. The maximum absolute atomic E-state index is 16.0. The Hall–Kier alpha value is -2.16. The Morgan fingerprint density at radius 3 is 0.652 bits per heavy atom. The molecule has 36 heteroatoms. The molecule has 376 valence electrons. The van der Waals surface area contributed by atoms with Gasteiger partial charge in [-0.1, -0.05) is 0 Å². The molecule has 6 unspecified atom stereocenters. The molecule has 8 nitrogen and oxygen atoms in total. The van der Waals surface area contributed by atoms with Crippen LogP contribution in [0.4, 0.5) is 117 Å². The monoisotopic (exact) mass is 1090 g/mol. The van der Waals surface area contributed by atoms with Crippen LogP contribution in [0.15, 0.2) is 60.7 Å². The molecule has 0 amide bonds. The van der Waals surface area contributed by atoms with E-state index in [1.807, 2.05) is 0 Å². The molecule has 66 heavy (non-hydrogen) atoms. The van der Waals surface area contributed by atoms with Gasteiger partial charge in [-0.25, -0.2) is 0 Å². The Bertz CT molecular complexity index is 1820. The molecule has 7 saturated heterocycles. The van der Waals surface area contributed by atoms with E-state index in [2.05, 4.69) is 0 Å². The van der Waals surface area contributed by atoms with Crippen LogP contribution >= 0.6 is 31.0 Å². The molecule has 2 spiro atoms. The number of hydrogen-bond donors (Lipinski definition) is 0. The first kappa shape index (κ1) is 51.7. The molecule has 0 radical (unpaired) electrons. The van der Waals surface area contributed by atoms with Gasteiger partial charge in [0.15, 0.2) is 0 Å². The molecule has 7 heterocycles. The van der Waals surface area contributed by atoms with Gasteiger partial charge >= 0.3 is 354 Å². The second-order valence-electron chi connectivity index (χ2n) is 14.3. The van der Waals surface area contributed by atoms with Crippen molar-refractivity contribution in [3.8, 4) is 0 Å². The van der Waals surface area contributed by atoms with Gasteiger partial charge in [0.25, 0.3) is 0 Å². The summed E-state index contributed by atoms with van der Waals surface area (Å²) in [5.41, 5.74) is -3.42. The summed E-state index contributed by atoms with van der Waals surface area (Å²) in [6.07, 6.45) is -32.7. The van der Waals surface area contributed by atoms with Gasteiger partial charge in [-0.05, 0) is 0 Å². The minimum atomic E-state index is -8.79. The van der Waals surface area contributed by atoms with Crippen LogP contribution in [-0.4, -0.2) is 109 Å². The van der Waals surface area contributed by atoms with Crippen LogP contribution < -0.4 is 8.88 Å². The van der Waals surface area contributed by atoms with Gasteiger partial charge in [0.05, 0.1) is 0 Å². The van der Waals surface area contributed by atoms with Crippen molar-refractivity contribution < 1.29 is 133 Å². The Balaban J connectivity index is 1.76. The van der Waals surface area contributed by atoms with Crippen LogP contribution in [0.25, 0.3) is 0 Å². The molecule has 0 aliphatic carbocycles. The molecule has 4 bridgehead atoms. The van der Waals surface area contributed by atoms with Crippen molar-refractivity contribution >= 4 is 42.4 Å². The van der Waals surface area contributed by atoms with Gasteiger partial charge in [-0.15, -0.1) is 0 Å². The Morgan fingerprint density at radius 1 is 0.333 bits per heavy atom. The minimum absolute atomic E-state index is 0.191. The van der Waals surface area contributed by atoms with Crippen LogP contribution in [0.2, 0.25) is 0 Å². The maximum atomic E-state index is 16.0. The van der Waals surface area contributed by atoms with Crippen LogP contribution in [-0.2, 0) is 27.1 Å². The fraction of sp³-hybridized carbons (Fsp3) is 0.600. The number of hydrogen-bond acceptors (Lipinski definition) is 8. The number of anilines is 2. The van der Waals surface area contributed by atoms with Crippen LogP contribution in [0.5, 0.6) is 0 Å². The molecule has 7 aliphatic rings. The zero-order valence-electron chi connectivity index (χ0n) is 30.9. The molecular weight excluding hydrogens is 1060 g/mol. The van der Waals surface area contributed by atoms with Gasteiger partial charge in [0, 0.05) is 0 Å². The van der Waals surface area contributed by atoms with Crippen molar-refractivity contribution in [3.63, 3.8) is 0 Å². The third-order valence-electron chi connectivity index (χ3n) is 10.3. The third-order valence-corrected chi connectivity index (χ3v) is 27.7. The molecule has 0 aromatic heterocycles. The number of nitrogens with zero attached hydrogens (tertiary/aromatic N) is 2. The molecule has 2 aromatic rings. The topological polar surface area (TPSA) is 61.9 Å². The van der Waals surface area contributed by atoms with Gasteiger partial charge in [0.2, 0.25) is 0 Å². The van der Waals surface area contributed by atoms with E-state index in [0.717, 1.165) is 12.1 Å². The molecule has 7 fully saturated rings. The van der Waals surface area contributed by atoms with E-state index < -0.39 is 160 Å². The first-order chi connectivity index (χ1) is 30.1. The number of rotatable bonds is 14. The predicted molar refractivity (Wildman–Crippen MR) is 180 cm³/mol. The summed E-state index contributed by atoms with van der Waals surface area (Å²) >= 11 is 0. The van der Waals surface area contributed by atoms with E-state index in [4.69, 9.17) is 27.1 Å². The fourth-order valence-corrected chi connectivity index (χ4v) is 30.2. The summed E-state index contributed by atoms with van der Waals surface area (Å²) in [6.45, 7) is 0. The molecule has 7 aliphatic heterocycles. The van der Waals surface area contributed by atoms with E-state index in [1.54, 1.807) is 0 Å². The number of alkyl halides is 24. The van der Waals surface area contributed by atoms with E-state index in [1.165, 1.54) is 0 Å². The van der Waals surface area contributed by atoms with Crippen molar-refractivity contribution in [2.24, 2.45) is 0 Å². The first-order valence-electron chi connectivity index (χ1n) is 17.5. The normalized spacial score (nSPS) is 32.1. The molecule has 6 atom stereocenters. The quantitative estimate of drug-likeness (QED) is 0.137. The predicted octanol–water partition coefficient (Wildman–Crippen LogP) is 13.7. The zero-order valence-corrected chi connectivity index (χ0v) is 34.5. The van der Waals surface area contributed by atoms with Crippen LogP contribution in [0.1, 0.15) is 0 Å². The molecule has 0 N–H and O–H groups in total. The van der Waals surface area contributed by atoms with Crippen molar-refractivity contribution in [2.75, 3.05) is 8.88 Å². The Kier molecular flexibility index (Phi) is 12.3. The van der Waals surface area contributed by atoms with E-state index >= 15 is 52.7 Å². The average Bonchev–Trinajstić information content (AvgIpc) is 3.23. The fourth-order valence-electron chi connectivity index (χ4n) is 7.56. The summed E-state index contributed by atoms with van der Waals surface area (Å²) < 4.78 is 394. The summed E-state index contributed by atoms with van der Waals surface area (Å²) in [6, 6.07) is 4.43. The van der Waals surface area contributed by atoms with Crippen molar-refractivity contribution in [1.82, 2.24) is 0 Å². The number of fused-ring (bicyclic) bond motifs is 6. The summed E-state index contributed by atoms with van der Waals surface area (Å²) in [5.74, 6) is -66.9. The summed E-state index contributed by atoms with van der Waals surface area (Å²) in [7, 11) is -28.5. The van der Waals surface area contributed by atoms with Gasteiger partial charge in [-0.3, -0.25) is 0 Å². The average molecular weight is 1090 g/mol. The number of halogens is 24. The first-order valence-corrected chi connectivity index (χ1v) is 24.4.